The van der Waals surface area contributed by atoms with Crippen LogP contribution in [0.25, 0.3) is 0 Å². The second-order valence-corrected chi connectivity index (χ2v) is 5.52. The summed E-state index contributed by atoms with van der Waals surface area (Å²) in [6, 6.07) is 8.27. The molecule has 3 nitrogen and oxygen atoms in total. The minimum Gasteiger partial charge on any atom is -0.481 e. The first-order valence-corrected chi connectivity index (χ1v) is 6.82. The van der Waals surface area contributed by atoms with Gasteiger partial charge in [0.15, 0.2) is 0 Å². The molecule has 0 bridgehead atoms. The first-order chi connectivity index (χ1) is 9.10. The summed E-state index contributed by atoms with van der Waals surface area (Å²) >= 11 is 0. The molecule has 0 heterocycles. The summed E-state index contributed by atoms with van der Waals surface area (Å²) in [6.07, 6.45) is 4.49. The van der Waals surface area contributed by atoms with E-state index in [4.69, 9.17) is 10.4 Å². The summed E-state index contributed by atoms with van der Waals surface area (Å²) in [5.74, 6) is -0.241. The van der Waals surface area contributed by atoms with Gasteiger partial charge in [0, 0.05) is 0 Å². The maximum atomic E-state index is 10.9. The van der Waals surface area contributed by atoms with E-state index in [0.29, 0.717) is 5.92 Å². The zero-order valence-corrected chi connectivity index (χ0v) is 11.2. The molecular formula is C16H19NO2. The van der Waals surface area contributed by atoms with Crippen LogP contribution in [0.4, 0.5) is 0 Å². The molecule has 1 aromatic rings. The Bertz CT molecular complexity index is 508. The van der Waals surface area contributed by atoms with Crippen molar-refractivity contribution in [1.82, 2.24) is 0 Å². The van der Waals surface area contributed by atoms with Crippen LogP contribution in [0.3, 0.4) is 0 Å². The lowest BCUT2D eigenvalue weighted by molar-refractivity contribution is -0.143. The third-order valence-electron chi connectivity index (χ3n) is 4.14. The SMILES string of the molecule is Cc1ccc(C[C@H]2CC[C@H](C(=O)O)CC2)cc1C#N. The lowest BCUT2D eigenvalue weighted by Crippen LogP contribution is -2.22. The van der Waals surface area contributed by atoms with Crippen LogP contribution in [-0.4, -0.2) is 11.1 Å². The van der Waals surface area contributed by atoms with Crippen molar-refractivity contribution in [1.29, 1.82) is 5.26 Å². The van der Waals surface area contributed by atoms with Crippen LogP contribution in [0.15, 0.2) is 18.2 Å². The van der Waals surface area contributed by atoms with E-state index in [0.717, 1.165) is 43.2 Å². The number of carboxylic acid groups (broad SMARTS) is 1. The number of nitriles is 1. The molecule has 0 aromatic heterocycles. The van der Waals surface area contributed by atoms with Crippen molar-refractivity contribution in [3.8, 4) is 6.07 Å². The molecule has 0 unspecified atom stereocenters. The van der Waals surface area contributed by atoms with E-state index in [2.05, 4.69) is 12.1 Å². The van der Waals surface area contributed by atoms with E-state index >= 15 is 0 Å². The smallest absolute Gasteiger partial charge is 0.306 e. The monoisotopic (exact) mass is 257 g/mol. The van der Waals surface area contributed by atoms with Crippen molar-refractivity contribution in [2.75, 3.05) is 0 Å². The van der Waals surface area contributed by atoms with Crippen LogP contribution < -0.4 is 0 Å². The topological polar surface area (TPSA) is 61.1 Å². The number of benzene rings is 1. The summed E-state index contributed by atoms with van der Waals surface area (Å²) in [7, 11) is 0. The Balaban J connectivity index is 1.96. The fraction of sp³-hybridized carbons (Fsp3) is 0.500. The highest BCUT2D eigenvalue weighted by molar-refractivity contribution is 5.70. The number of aryl methyl sites for hydroxylation is 1. The molecule has 1 aliphatic carbocycles. The van der Waals surface area contributed by atoms with Gasteiger partial charge in [0.05, 0.1) is 17.6 Å². The number of nitrogens with zero attached hydrogens (tertiary/aromatic N) is 1. The Morgan fingerprint density at radius 1 is 1.37 bits per heavy atom. The molecule has 19 heavy (non-hydrogen) atoms. The van der Waals surface area contributed by atoms with E-state index in [-0.39, 0.29) is 5.92 Å². The summed E-state index contributed by atoms with van der Waals surface area (Å²) in [4.78, 5) is 10.9. The van der Waals surface area contributed by atoms with Gasteiger partial charge < -0.3 is 5.11 Å². The molecule has 1 aromatic carbocycles. The van der Waals surface area contributed by atoms with Crippen LogP contribution >= 0.6 is 0 Å². The van der Waals surface area contributed by atoms with Gasteiger partial charge in [0.2, 0.25) is 0 Å². The molecule has 1 aliphatic rings. The van der Waals surface area contributed by atoms with Crippen molar-refractivity contribution >= 4 is 5.97 Å². The fourth-order valence-electron chi connectivity index (χ4n) is 2.86. The molecule has 1 N–H and O–H groups in total. The molecule has 0 aliphatic heterocycles. The van der Waals surface area contributed by atoms with Crippen molar-refractivity contribution in [3.05, 3.63) is 34.9 Å². The van der Waals surface area contributed by atoms with Crippen molar-refractivity contribution in [2.24, 2.45) is 11.8 Å². The number of hydrogen-bond donors (Lipinski definition) is 1. The Kier molecular flexibility index (Phi) is 4.21. The molecule has 0 amide bonds. The van der Waals surface area contributed by atoms with Crippen LogP contribution in [0, 0.1) is 30.1 Å². The standard InChI is InChI=1S/C16H19NO2/c1-11-2-3-13(9-15(11)10-17)8-12-4-6-14(7-5-12)16(18)19/h2-3,9,12,14H,4-8H2,1H3,(H,18,19)/t12-,14-. The van der Waals surface area contributed by atoms with Gasteiger partial charge in [-0.1, -0.05) is 12.1 Å². The highest BCUT2D eigenvalue weighted by Crippen LogP contribution is 2.31. The number of carbonyl (C=O) groups is 1. The second kappa shape index (κ2) is 5.88. The second-order valence-electron chi connectivity index (χ2n) is 5.52. The van der Waals surface area contributed by atoms with E-state index in [1.165, 1.54) is 5.56 Å². The quantitative estimate of drug-likeness (QED) is 0.903. The van der Waals surface area contributed by atoms with E-state index in [1.807, 2.05) is 19.1 Å². The molecule has 0 radical (unpaired) electrons. The molecule has 1 fully saturated rings. The largest absolute Gasteiger partial charge is 0.481 e. The van der Waals surface area contributed by atoms with Gasteiger partial charge in [-0.3, -0.25) is 4.79 Å². The van der Waals surface area contributed by atoms with E-state index in [9.17, 15) is 4.79 Å². The molecule has 2 rings (SSSR count). The highest BCUT2D eigenvalue weighted by Gasteiger charge is 2.25. The molecule has 0 spiro atoms. The van der Waals surface area contributed by atoms with Crippen molar-refractivity contribution in [2.45, 2.75) is 39.0 Å². The third kappa shape index (κ3) is 3.35. The molecular weight excluding hydrogens is 238 g/mol. The van der Waals surface area contributed by atoms with E-state index < -0.39 is 5.97 Å². The minimum absolute atomic E-state index is 0.149. The van der Waals surface area contributed by atoms with Crippen LogP contribution in [-0.2, 0) is 11.2 Å². The summed E-state index contributed by atoms with van der Waals surface area (Å²) in [5, 5.41) is 18.0. The fourth-order valence-corrected chi connectivity index (χ4v) is 2.86. The zero-order valence-electron chi connectivity index (χ0n) is 11.2. The Morgan fingerprint density at radius 3 is 2.63 bits per heavy atom. The van der Waals surface area contributed by atoms with Gasteiger partial charge in [-0.15, -0.1) is 0 Å². The predicted octanol–water partition coefficient (Wildman–Crippen LogP) is 3.30. The third-order valence-corrected chi connectivity index (χ3v) is 4.14. The number of rotatable bonds is 3. The van der Waals surface area contributed by atoms with Gasteiger partial charge in [-0.25, -0.2) is 0 Å². The van der Waals surface area contributed by atoms with Gasteiger partial charge in [-0.05, 0) is 62.1 Å². The average molecular weight is 257 g/mol. The molecule has 1 saturated carbocycles. The zero-order chi connectivity index (χ0) is 13.8. The normalized spacial score (nSPS) is 22.7. The van der Waals surface area contributed by atoms with Gasteiger partial charge >= 0.3 is 5.97 Å². The maximum Gasteiger partial charge on any atom is 0.306 e. The number of aliphatic carboxylic acids is 1. The van der Waals surface area contributed by atoms with Gasteiger partial charge in [0.25, 0.3) is 0 Å². The summed E-state index contributed by atoms with van der Waals surface area (Å²) in [5.41, 5.74) is 2.96. The molecule has 100 valence electrons. The lowest BCUT2D eigenvalue weighted by atomic mass is 9.79. The molecule has 0 saturated heterocycles. The highest BCUT2D eigenvalue weighted by atomic mass is 16.4. The van der Waals surface area contributed by atoms with Crippen LogP contribution in [0.2, 0.25) is 0 Å². The Hall–Kier alpha value is -1.82. The first-order valence-electron chi connectivity index (χ1n) is 6.82. The first kappa shape index (κ1) is 13.6. The van der Waals surface area contributed by atoms with Gasteiger partial charge in [0.1, 0.15) is 0 Å². The minimum atomic E-state index is -0.652. The maximum absolute atomic E-state index is 10.9. The summed E-state index contributed by atoms with van der Waals surface area (Å²) < 4.78 is 0. The van der Waals surface area contributed by atoms with Crippen LogP contribution in [0.1, 0.15) is 42.4 Å². The summed E-state index contributed by atoms with van der Waals surface area (Å²) in [6.45, 7) is 1.94. The van der Waals surface area contributed by atoms with Crippen molar-refractivity contribution < 1.29 is 9.90 Å². The lowest BCUT2D eigenvalue weighted by Gasteiger charge is -2.26. The molecule has 0 atom stereocenters. The van der Waals surface area contributed by atoms with Crippen LogP contribution in [0.5, 0.6) is 0 Å². The van der Waals surface area contributed by atoms with Crippen molar-refractivity contribution in [3.63, 3.8) is 0 Å². The van der Waals surface area contributed by atoms with E-state index in [1.54, 1.807) is 0 Å². The average Bonchev–Trinajstić information content (AvgIpc) is 2.41. The Morgan fingerprint density at radius 2 is 2.05 bits per heavy atom. The number of carboxylic acids is 1. The molecule has 3 heteroatoms. The number of hydrogen-bond acceptors (Lipinski definition) is 2. The van der Waals surface area contributed by atoms with Gasteiger partial charge in [-0.2, -0.15) is 5.26 Å². The Labute approximate surface area is 113 Å². The predicted molar refractivity (Wildman–Crippen MR) is 72.7 cm³/mol.